The van der Waals surface area contributed by atoms with Crippen LogP contribution in [0.3, 0.4) is 0 Å². The first-order valence-corrected chi connectivity index (χ1v) is 7.76. The van der Waals surface area contributed by atoms with Crippen molar-refractivity contribution in [3.63, 3.8) is 0 Å². The Bertz CT molecular complexity index is 687. The van der Waals surface area contributed by atoms with Gasteiger partial charge in [0.1, 0.15) is 0 Å². The first-order valence-electron chi connectivity index (χ1n) is 6.77. The molecule has 0 fully saturated rings. The van der Waals surface area contributed by atoms with Crippen molar-refractivity contribution in [1.82, 2.24) is 0 Å². The molecule has 0 saturated heterocycles. The number of hydrogen-bond donors (Lipinski definition) is 1. The minimum absolute atomic E-state index is 0.137. The highest BCUT2D eigenvalue weighted by atomic mass is 32.2. The maximum Gasteiger partial charge on any atom is 0.272 e. The molecular formula is C16H17N3O2S. The second kappa shape index (κ2) is 7.61. The minimum atomic E-state index is -0.365. The predicted molar refractivity (Wildman–Crippen MR) is 90.9 cm³/mol. The van der Waals surface area contributed by atoms with Crippen molar-refractivity contribution in [2.24, 2.45) is 10.7 Å². The molecule has 2 aromatic rings. The SMILES string of the molecule is Cc1c(CSC(N)=NCc2ccccc2)cccc1[N+](=O)[O-]. The van der Waals surface area contributed by atoms with Crippen molar-refractivity contribution in [1.29, 1.82) is 0 Å². The highest BCUT2D eigenvalue weighted by molar-refractivity contribution is 8.13. The van der Waals surface area contributed by atoms with Crippen LogP contribution < -0.4 is 5.73 Å². The molecule has 114 valence electrons. The maximum atomic E-state index is 10.9. The molecule has 0 bridgehead atoms. The molecule has 0 heterocycles. The van der Waals surface area contributed by atoms with Gasteiger partial charge in [0.25, 0.3) is 5.69 Å². The van der Waals surface area contributed by atoms with E-state index in [9.17, 15) is 10.1 Å². The summed E-state index contributed by atoms with van der Waals surface area (Å²) in [7, 11) is 0. The second-order valence-electron chi connectivity index (χ2n) is 4.75. The van der Waals surface area contributed by atoms with E-state index in [2.05, 4.69) is 4.99 Å². The Hall–Kier alpha value is -2.34. The Balaban J connectivity index is 1.98. The molecule has 2 N–H and O–H groups in total. The molecule has 0 radical (unpaired) electrons. The molecule has 0 aliphatic carbocycles. The van der Waals surface area contributed by atoms with E-state index >= 15 is 0 Å². The molecule has 5 nitrogen and oxygen atoms in total. The van der Waals surface area contributed by atoms with Crippen LogP contribution in [-0.4, -0.2) is 10.1 Å². The van der Waals surface area contributed by atoms with Gasteiger partial charge in [-0.05, 0) is 18.1 Å². The smallest absolute Gasteiger partial charge is 0.272 e. The molecule has 0 aliphatic rings. The van der Waals surface area contributed by atoms with E-state index in [0.29, 0.717) is 23.0 Å². The van der Waals surface area contributed by atoms with Crippen LogP contribution in [0.15, 0.2) is 53.5 Å². The summed E-state index contributed by atoms with van der Waals surface area (Å²) >= 11 is 1.39. The summed E-state index contributed by atoms with van der Waals surface area (Å²) in [4.78, 5) is 14.9. The van der Waals surface area contributed by atoms with Gasteiger partial charge in [0.15, 0.2) is 5.17 Å². The number of nitrogens with zero attached hydrogens (tertiary/aromatic N) is 2. The second-order valence-corrected chi connectivity index (χ2v) is 5.74. The van der Waals surface area contributed by atoms with E-state index in [0.717, 1.165) is 11.1 Å². The predicted octanol–water partition coefficient (Wildman–Crippen LogP) is 3.65. The molecule has 0 saturated carbocycles. The van der Waals surface area contributed by atoms with Crippen molar-refractivity contribution in [2.75, 3.05) is 0 Å². The first-order chi connectivity index (χ1) is 10.6. The summed E-state index contributed by atoms with van der Waals surface area (Å²) in [6.45, 7) is 2.29. The molecule has 0 aromatic heterocycles. The van der Waals surface area contributed by atoms with Crippen molar-refractivity contribution in [3.8, 4) is 0 Å². The lowest BCUT2D eigenvalue weighted by Gasteiger charge is -2.06. The number of aliphatic imine (C=N–C) groups is 1. The molecule has 0 atom stereocenters. The Morgan fingerprint density at radius 1 is 1.23 bits per heavy atom. The number of nitrogens with two attached hydrogens (primary N) is 1. The number of nitro benzene ring substituents is 1. The fourth-order valence-electron chi connectivity index (χ4n) is 1.97. The summed E-state index contributed by atoms with van der Waals surface area (Å²) in [5, 5.41) is 11.4. The summed E-state index contributed by atoms with van der Waals surface area (Å²) in [5.41, 5.74) is 8.71. The van der Waals surface area contributed by atoms with Crippen LogP contribution in [0.25, 0.3) is 0 Å². The van der Waals surface area contributed by atoms with E-state index in [-0.39, 0.29) is 10.6 Å². The monoisotopic (exact) mass is 315 g/mol. The van der Waals surface area contributed by atoms with Crippen LogP contribution in [0.4, 0.5) is 5.69 Å². The van der Waals surface area contributed by atoms with Gasteiger partial charge in [-0.15, -0.1) is 0 Å². The third kappa shape index (κ3) is 4.33. The molecule has 0 spiro atoms. The van der Waals surface area contributed by atoms with Gasteiger partial charge < -0.3 is 5.73 Å². The Morgan fingerprint density at radius 3 is 2.64 bits per heavy atom. The molecule has 0 amide bonds. The van der Waals surface area contributed by atoms with Crippen LogP contribution in [0.1, 0.15) is 16.7 Å². The molecular weight excluding hydrogens is 298 g/mol. The van der Waals surface area contributed by atoms with Gasteiger partial charge in [0, 0.05) is 17.4 Å². The van der Waals surface area contributed by atoms with Crippen molar-refractivity contribution in [3.05, 3.63) is 75.3 Å². The van der Waals surface area contributed by atoms with E-state index < -0.39 is 0 Å². The van der Waals surface area contributed by atoms with Gasteiger partial charge >= 0.3 is 0 Å². The molecule has 22 heavy (non-hydrogen) atoms. The van der Waals surface area contributed by atoms with E-state index in [1.807, 2.05) is 36.4 Å². The summed E-state index contributed by atoms with van der Waals surface area (Å²) < 4.78 is 0. The van der Waals surface area contributed by atoms with Crippen LogP contribution in [0, 0.1) is 17.0 Å². The normalized spacial score (nSPS) is 11.4. The van der Waals surface area contributed by atoms with Crippen LogP contribution in [-0.2, 0) is 12.3 Å². The number of hydrogen-bond acceptors (Lipinski definition) is 4. The molecule has 0 unspecified atom stereocenters. The average Bonchev–Trinajstić information content (AvgIpc) is 2.52. The maximum absolute atomic E-state index is 10.9. The number of benzene rings is 2. The fourth-order valence-corrected chi connectivity index (χ4v) is 2.75. The van der Waals surface area contributed by atoms with E-state index in [4.69, 9.17) is 5.73 Å². The van der Waals surface area contributed by atoms with Crippen molar-refractivity contribution >= 4 is 22.6 Å². The summed E-state index contributed by atoms with van der Waals surface area (Å²) in [6, 6.07) is 14.9. The summed E-state index contributed by atoms with van der Waals surface area (Å²) in [6.07, 6.45) is 0. The highest BCUT2D eigenvalue weighted by Crippen LogP contribution is 2.24. The Kier molecular flexibility index (Phi) is 5.55. The van der Waals surface area contributed by atoms with E-state index in [1.54, 1.807) is 13.0 Å². The van der Waals surface area contributed by atoms with Gasteiger partial charge in [0.2, 0.25) is 0 Å². The largest absolute Gasteiger partial charge is 0.379 e. The number of thioether (sulfide) groups is 1. The van der Waals surface area contributed by atoms with Gasteiger partial charge in [-0.1, -0.05) is 54.2 Å². The van der Waals surface area contributed by atoms with Crippen LogP contribution in [0.2, 0.25) is 0 Å². The third-order valence-corrected chi connectivity index (χ3v) is 4.13. The zero-order valence-electron chi connectivity index (χ0n) is 12.2. The number of rotatable bonds is 5. The fraction of sp³-hybridized carbons (Fsp3) is 0.188. The Morgan fingerprint density at radius 2 is 1.95 bits per heavy atom. The lowest BCUT2D eigenvalue weighted by Crippen LogP contribution is -2.08. The molecule has 2 rings (SSSR count). The molecule has 0 aliphatic heterocycles. The van der Waals surface area contributed by atoms with Crippen LogP contribution >= 0.6 is 11.8 Å². The quantitative estimate of drug-likeness (QED) is 0.395. The topological polar surface area (TPSA) is 81.5 Å². The number of nitro groups is 1. The first kappa shape index (κ1) is 16.0. The highest BCUT2D eigenvalue weighted by Gasteiger charge is 2.13. The molecule has 6 heteroatoms. The standard InChI is InChI=1S/C16H17N3O2S/c1-12-14(8-5-9-15(12)19(20)21)11-22-16(17)18-10-13-6-3-2-4-7-13/h2-9H,10-11H2,1H3,(H2,17,18). The Labute approximate surface area is 133 Å². The lowest BCUT2D eigenvalue weighted by atomic mass is 10.1. The van der Waals surface area contributed by atoms with E-state index in [1.165, 1.54) is 17.8 Å². The molecule has 2 aromatic carbocycles. The van der Waals surface area contributed by atoms with Crippen molar-refractivity contribution in [2.45, 2.75) is 19.2 Å². The summed E-state index contributed by atoms with van der Waals surface area (Å²) in [5.74, 6) is 0.567. The van der Waals surface area contributed by atoms with Gasteiger partial charge in [-0.2, -0.15) is 0 Å². The van der Waals surface area contributed by atoms with Gasteiger partial charge in [0.05, 0.1) is 11.5 Å². The van der Waals surface area contributed by atoms with Crippen molar-refractivity contribution < 1.29 is 4.92 Å². The zero-order valence-corrected chi connectivity index (χ0v) is 13.0. The van der Waals surface area contributed by atoms with Crippen LogP contribution in [0.5, 0.6) is 0 Å². The van der Waals surface area contributed by atoms with Gasteiger partial charge in [-0.3, -0.25) is 15.1 Å². The zero-order chi connectivity index (χ0) is 15.9. The minimum Gasteiger partial charge on any atom is -0.379 e. The third-order valence-electron chi connectivity index (χ3n) is 3.25. The lowest BCUT2D eigenvalue weighted by molar-refractivity contribution is -0.385. The van der Waals surface area contributed by atoms with Gasteiger partial charge in [-0.25, -0.2) is 0 Å². The number of amidine groups is 1. The average molecular weight is 315 g/mol.